The third-order valence-electron chi connectivity index (χ3n) is 6.84. The van der Waals surface area contributed by atoms with Crippen molar-refractivity contribution in [3.63, 3.8) is 0 Å². The number of carboxylic acid groups (broad SMARTS) is 1. The summed E-state index contributed by atoms with van der Waals surface area (Å²) in [7, 11) is 0. The second kappa shape index (κ2) is 8.32. The number of hydrogen-bond donors (Lipinski definition) is 3. The zero-order valence-corrected chi connectivity index (χ0v) is 18.9. The Bertz CT molecular complexity index is 1480. The van der Waals surface area contributed by atoms with Gasteiger partial charge in [-0.3, -0.25) is 0 Å². The van der Waals surface area contributed by atoms with Crippen molar-refractivity contribution in [1.29, 1.82) is 5.41 Å². The zero-order chi connectivity index (χ0) is 24.9. The molecular weight excluding hydrogens is 452 g/mol. The normalized spacial score (nSPS) is 14.6. The number of nitrogens with one attached hydrogen (secondary N) is 1. The van der Waals surface area contributed by atoms with Crippen LogP contribution in [0, 0.1) is 17.0 Å². The van der Waals surface area contributed by atoms with Gasteiger partial charge in [-0.05, 0) is 60.5 Å². The number of rotatable bonds is 6. The van der Waals surface area contributed by atoms with E-state index in [4.69, 9.17) is 15.9 Å². The molecule has 5 rings (SSSR count). The number of nitrogens with two attached hydrogens (primary N) is 1. The third kappa shape index (κ3) is 3.49. The highest BCUT2D eigenvalue weighted by atomic mass is 19.1. The molecule has 1 aliphatic heterocycles. The van der Waals surface area contributed by atoms with Crippen LogP contribution >= 0.6 is 0 Å². The standard InChI is InChI=1S/C27H23F2N3O3/c1-2-27(13-35-14-27)25-24(15-3-8-19(26(33)34)21(29)9-15)20-11-22(31)16(12-30)10-23(20)32(25)18-6-4-17(28)5-7-18/h3-12,30H,2,13-14,31H2,1H3,(H,33,34). The van der Waals surface area contributed by atoms with Crippen molar-refractivity contribution in [3.05, 3.63) is 83.1 Å². The lowest BCUT2D eigenvalue weighted by atomic mass is 9.76. The van der Waals surface area contributed by atoms with Crippen LogP contribution in [0.25, 0.3) is 27.7 Å². The number of fused-ring (bicyclic) bond motifs is 1. The topological polar surface area (TPSA) is 101 Å². The minimum atomic E-state index is -1.35. The number of benzene rings is 3. The molecule has 0 spiro atoms. The van der Waals surface area contributed by atoms with Crippen molar-refractivity contribution in [1.82, 2.24) is 4.57 Å². The van der Waals surface area contributed by atoms with Crippen LogP contribution in [0.1, 0.15) is 35.0 Å². The number of nitrogen functional groups attached to an aromatic ring is 1. The second-order valence-electron chi connectivity index (χ2n) is 8.80. The summed E-state index contributed by atoms with van der Waals surface area (Å²) in [6.07, 6.45) is 1.89. The van der Waals surface area contributed by atoms with Crippen molar-refractivity contribution in [3.8, 4) is 16.8 Å². The molecule has 0 atom stereocenters. The van der Waals surface area contributed by atoms with Crippen LogP contribution in [0.3, 0.4) is 0 Å². The molecule has 178 valence electrons. The minimum absolute atomic E-state index is 0.375. The highest BCUT2D eigenvalue weighted by molar-refractivity contribution is 6.05. The Morgan fingerprint density at radius 2 is 1.89 bits per heavy atom. The first kappa shape index (κ1) is 22.7. The summed E-state index contributed by atoms with van der Waals surface area (Å²) in [5, 5.41) is 17.8. The molecule has 1 aliphatic rings. The van der Waals surface area contributed by atoms with E-state index < -0.39 is 22.8 Å². The Labute approximate surface area is 200 Å². The Hall–Kier alpha value is -4.04. The van der Waals surface area contributed by atoms with Crippen LogP contribution in [0.2, 0.25) is 0 Å². The lowest BCUT2D eigenvalue weighted by Crippen LogP contribution is -2.47. The highest BCUT2D eigenvalue weighted by Crippen LogP contribution is 2.48. The molecule has 8 heteroatoms. The van der Waals surface area contributed by atoms with Gasteiger partial charge in [0.2, 0.25) is 0 Å². The van der Waals surface area contributed by atoms with E-state index in [2.05, 4.69) is 0 Å². The van der Waals surface area contributed by atoms with E-state index in [1.807, 2.05) is 11.5 Å². The smallest absolute Gasteiger partial charge is 0.338 e. The number of halogens is 2. The molecule has 1 aromatic heterocycles. The van der Waals surface area contributed by atoms with Gasteiger partial charge < -0.3 is 25.6 Å². The molecule has 0 unspecified atom stereocenters. The molecule has 0 bridgehead atoms. The van der Waals surface area contributed by atoms with Crippen LogP contribution in [-0.2, 0) is 10.2 Å². The predicted octanol–water partition coefficient (Wildman–Crippen LogP) is 5.53. The number of aromatic nitrogens is 1. The molecule has 4 aromatic rings. The molecule has 0 aliphatic carbocycles. The fourth-order valence-electron chi connectivity index (χ4n) is 4.84. The Balaban J connectivity index is 1.95. The average Bonchev–Trinajstić information content (AvgIpc) is 3.12. The quantitative estimate of drug-likeness (QED) is 0.252. The first-order valence-corrected chi connectivity index (χ1v) is 11.2. The second-order valence-corrected chi connectivity index (χ2v) is 8.80. The summed E-state index contributed by atoms with van der Waals surface area (Å²) in [6.45, 7) is 2.93. The summed E-state index contributed by atoms with van der Waals surface area (Å²) in [4.78, 5) is 11.4. The van der Waals surface area contributed by atoms with Gasteiger partial charge in [0.15, 0.2) is 0 Å². The van der Waals surface area contributed by atoms with E-state index in [0.717, 1.165) is 23.0 Å². The van der Waals surface area contributed by atoms with Crippen molar-refractivity contribution in [2.75, 3.05) is 18.9 Å². The van der Waals surface area contributed by atoms with Crippen LogP contribution in [0.4, 0.5) is 14.5 Å². The summed E-state index contributed by atoms with van der Waals surface area (Å²) in [6, 6.07) is 13.7. The molecule has 0 amide bonds. The molecule has 0 saturated carbocycles. The molecule has 1 saturated heterocycles. The maximum absolute atomic E-state index is 14.9. The summed E-state index contributed by atoms with van der Waals surface area (Å²) < 4.78 is 36.3. The molecule has 1 fully saturated rings. The first-order chi connectivity index (χ1) is 16.8. The SMILES string of the molecule is CCC1(c2c(-c3ccc(C(=O)O)c(F)c3)c3cc(N)c(C=N)cc3n2-c2ccc(F)cc2)COC1. The number of nitrogens with zero attached hydrogens (tertiary/aromatic N) is 1. The molecule has 35 heavy (non-hydrogen) atoms. The fraction of sp³-hybridized carbons (Fsp3) is 0.185. The van der Waals surface area contributed by atoms with Gasteiger partial charge in [-0.2, -0.15) is 0 Å². The predicted molar refractivity (Wildman–Crippen MR) is 131 cm³/mol. The van der Waals surface area contributed by atoms with Crippen LogP contribution < -0.4 is 5.73 Å². The van der Waals surface area contributed by atoms with Crippen molar-refractivity contribution in [2.24, 2.45) is 0 Å². The summed E-state index contributed by atoms with van der Waals surface area (Å²) in [5.74, 6) is -2.57. The first-order valence-electron chi connectivity index (χ1n) is 11.2. The van der Waals surface area contributed by atoms with Crippen molar-refractivity contribution >= 4 is 28.8 Å². The molecule has 4 N–H and O–H groups in total. The highest BCUT2D eigenvalue weighted by Gasteiger charge is 2.44. The summed E-state index contributed by atoms with van der Waals surface area (Å²) in [5.41, 5.74) is 9.78. The van der Waals surface area contributed by atoms with E-state index in [1.165, 1.54) is 30.5 Å². The number of hydrogen-bond acceptors (Lipinski definition) is 4. The van der Waals surface area contributed by atoms with Gasteiger partial charge >= 0.3 is 5.97 Å². The van der Waals surface area contributed by atoms with Crippen molar-refractivity contribution < 1.29 is 23.4 Å². The number of ether oxygens (including phenoxy) is 1. The van der Waals surface area contributed by atoms with Gasteiger partial charge in [-0.15, -0.1) is 0 Å². The maximum atomic E-state index is 14.9. The van der Waals surface area contributed by atoms with Crippen molar-refractivity contribution in [2.45, 2.75) is 18.8 Å². The zero-order valence-electron chi connectivity index (χ0n) is 18.9. The Morgan fingerprint density at radius 3 is 2.43 bits per heavy atom. The van der Waals surface area contributed by atoms with Crippen LogP contribution in [-0.4, -0.2) is 35.1 Å². The third-order valence-corrected chi connectivity index (χ3v) is 6.84. The number of carbonyl (C=O) groups is 1. The molecule has 3 aromatic carbocycles. The Kier molecular flexibility index (Phi) is 5.40. The van der Waals surface area contributed by atoms with Gasteiger partial charge in [0, 0.05) is 39.8 Å². The van der Waals surface area contributed by atoms with Gasteiger partial charge in [-0.25, -0.2) is 13.6 Å². The van der Waals surface area contributed by atoms with Crippen LogP contribution in [0.5, 0.6) is 0 Å². The summed E-state index contributed by atoms with van der Waals surface area (Å²) >= 11 is 0. The number of aromatic carboxylic acids is 1. The molecule has 0 radical (unpaired) electrons. The van der Waals surface area contributed by atoms with Gasteiger partial charge in [0.1, 0.15) is 11.6 Å². The van der Waals surface area contributed by atoms with Gasteiger partial charge in [0.25, 0.3) is 0 Å². The van der Waals surface area contributed by atoms with E-state index in [9.17, 15) is 18.7 Å². The maximum Gasteiger partial charge on any atom is 0.338 e. The number of anilines is 1. The molecule has 2 heterocycles. The van der Waals surface area contributed by atoms with Gasteiger partial charge in [0.05, 0.1) is 29.7 Å². The van der Waals surface area contributed by atoms with E-state index in [-0.39, 0.29) is 5.82 Å². The Morgan fingerprint density at radius 1 is 1.17 bits per heavy atom. The lowest BCUT2D eigenvalue weighted by Gasteiger charge is -2.42. The largest absolute Gasteiger partial charge is 0.478 e. The van der Waals surface area contributed by atoms with E-state index in [0.29, 0.717) is 41.3 Å². The minimum Gasteiger partial charge on any atom is -0.478 e. The number of carboxylic acids is 1. The van der Waals surface area contributed by atoms with E-state index >= 15 is 0 Å². The monoisotopic (exact) mass is 475 g/mol. The molecule has 6 nitrogen and oxygen atoms in total. The van der Waals surface area contributed by atoms with Gasteiger partial charge in [-0.1, -0.05) is 13.0 Å². The van der Waals surface area contributed by atoms with Crippen LogP contribution in [0.15, 0.2) is 54.6 Å². The average molecular weight is 475 g/mol. The fourth-order valence-corrected chi connectivity index (χ4v) is 4.84. The van der Waals surface area contributed by atoms with E-state index in [1.54, 1.807) is 30.3 Å². The molecular formula is C27H23F2N3O3. The lowest BCUT2D eigenvalue weighted by molar-refractivity contribution is -0.0644.